The summed E-state index contributed by atoms with van der Waals surface area (Å²) in [6.07, 6.45) is 0. The van der Waals surface area contributed by atoms with Gasteiger partial charge >= 0.3 is 5.69 Å². The molecule has 0 aliphatic rings. The van der Waals surface area contributed by atoms with Crippen LogP contribution in [0.15, 0.2) is 23.1 Å². The zero-order chi connectivity index (χ0) is 15.5. The van der Waals surface area contributed by atoms with Gasteiger partial charge in [0.15, 0.2) is 0 Å². The Kier molecular flexibility index (Phi) is 4.75. The van der Waals surface area contributed by atoms with Crippen molar-refractivity contribution in [2.75, 3.05) is 13.6 Å². The van der Waals surface area contributed by atoms with Crippen molar-refractivity contribution in [3.8, 4) is 6.07 Å². The molecule has 1 unspecified atom stereocenters. The van der Waals surface area contributed by atoms with Crippen molar-refractivity contribution in [2.45, 2.75) is 11.8 Å². The van der Waals surface area contributed by atoms with E-state index in [1.54, 1.807) is 6.92 Å². The molecule has 9 heteroatoms. The van der Waals surface area contributed by atoms with Gasteiger partial charge in [-0.2, -0.15) is 14.0 Å². The third-order valence-corrected chi connectivity index (χ3v) is 4.39. The Morgan fingerprint density at radius 2 is 2.15 bits per heavy atom. The first-order valence-electron chi connectivity index (χ1n) is 5.50. The molecule has 0 aliphatic heterocycles. The minimum Gasteiger partial charge on any atom is -0.258 e. The Labute approximate surface area is 115 Å². The fourth-order valence-corrected chi connectivity index (χ4v) is 2.78. The molecule has 0 saturated carbocycles. The van der Waals surface area contributed by atoms with E-state index in [0.717, 1.165) is 16.4 Å². The number of sulfonamides is 1. The van der Waals surface area contributed by atoms with E-state index in [9.17, 15) is 22.9 Å². The molecule has 7 nitrogen and oxygen atoms in total. The third-order valence-electron chi connectivity index (χ3n) is 2.57. The summed E-state index contributed by atoms with van der Waals surface area (Å²) in [5, 5.41) is 19.3. The maximum Gasteiger partial charge on any atom is 0.306 e. The Bertz CT molecular complexity index is 669. The lowest BCUT2D eigenvalue weighted by molar-refractivity contribution is -0.387. The summed E-state index contributed by atoms with van der Waals surface area (Å²) in [5.74, 6) is -1.65. The van der Waals surface area contributed by atoms with Crippen LogP contribution in [0.25, 0.3) is 0 Å². The second-order valence-electron chi connectivity index (χ2n) is 4.19. The predicted octanol–water partition coefficient (Wildman–Crippen LogP) is 1.51. The van der Waals surface area contributed by atoms with E-state index in [2.05, 4.69) is 0 Å². The van der Waals surface area contributed by atoms with E-state index in [1.807, 2.05) is 6.07 Å². The molecule has 1 aromatic carbocycles. The first kappa shape index (κ1) is 16.0. The minimum absolute atomic E-state index is 0.0655. The van der Waals surface area contributed by atoms with Gasteiger partial charge in [-0.3, -0.25) is 10.1 Å². The second kappa shape index (κ2) is 5.94. The van der Waals surface area contributed by atoms with Gasteiger partial charge in [0.05, 0.1) is 21.8 Å². The van der Waals surface area contributed by atoms with E-state index in [-0.39, 0.29) is 6.54 Å². The fourth-order valence-electron chi connectivity index (χ4n) is 1.50. The zero-order valence-electron chi connectivity index (χ0n) is 10.8. The zero-order valence-corrected chi connectivity index (χ0v) is 11.6. The van der Waals surface area contributed by atoms with Crippen LogP contribution in [-0.4, -0.2) is 31.2 Å². The molecule has 0 bridgehead atoms. The topological polar surface area (TPSA) is 104 Å². The molecule has 108 valence electrons. The molecular formula is C11H12FN3O4S. The molecule has 0 saturated heterocycles. The largest absolute Gasteiger partial charge is 0.306 e. The summed E-state index contributed by atoms with van der Waals surface area (Å²) in [5.41, 5.74) is -0.909. The second-order valence-corrected chi connectivity index (χ2v) is 6.23. The van der Waals surface area contributed by atoms with E-state index >= 15 is 0 Å². The number of nitriles is 1. The van der Waals surface area contributed by atoms with Gasteiger partial charge in [0, 0.05) is 19.7 Å². The van der Waals surface area contributed by atoms with Crippen LogP contribution >= 0.6 is 0 Å². The van der Waals surface area contributed by atoms with Crippen molar-refractivity contribution >= 4 is 15.7 Å². The van der Waals surface area contributed by atoms with Crippen LogP contribution in [0.1, 0.15) is 6.92 Å². The predicted molar refractivity (Wildman–Crippen MR) is 67.6 cm³/mol. The monoisotopic (exact) mass is 301 g/mol. The van der Waals surface area contributed by atoms with Crippen molar-refractivity contribution < 1.29 is 17.7 Å². The van der Waals surface area contributed by atoms with Crippen molar-refractivity contribution in [2.24, 2.45) is 5.92 Å². The normalized spacial score (nSPS) is 12.9. The summed E-state index contributed by atoms with van der Waals surface area (Å²) >= 11 is 0. The summed E-state index contributed by atoms with van der Waals surface area (Å²) in [4.78, 5) is 9.22. The van der Waals surface area contributed by atoms with Gasteiger partial charge in [0.25, 0.3) is 0 Å². The molecule has 0 fully saturated rings. The van der Waals surface area contributed by atoms with Crippen LogP contribution in [0.4, 0.5) is 10.1 Å². The molecular weight excluding hydrogens is 289 g/mol. The fraction of sp³-hybridized carbons (Fsp3) is 0.364. The van der Waals surface area contributed by atoms with Crippen LogP contribution in [0.3, 0.4) is 0 Å². The van der Waals surface area contributed by atoms with Crippen molar-refractivity contribution in [1.82, 2.24) is 4.31 Å². The van der Waals surface area contributed by atoms with Crippen LogP contribution in [-0.2, 0) is 10.0 Å². The Morgan fingerprint density at radius 3 is 2.65 bits per heavy atom. The summed E-state index contributed by atoms with van der Waals surface area (Å²) in [7, 11) is -2.76. The SMILES string of the molecule is CC(C#N)CN(C)S(=O)(=O)c1ccc(F)c([N+](=O)[O-])c1. The van der Waals surface area contributed by atoms with E-state index in [0.29, 0.717) is 6.07 Å². The van der Waals surface area contributed by atoms with Crippen LogP contribution in [0.5, 0.6) is 0 Å². The average Bonchev–Trinajstić information content (AvgIpc) is 2.38. The number of rotatable bonds is 5. The van der Waals surface area contributed by atoms with E-state index < -0.39 is 37.3 Å². The maximum absolute atomic E-state index is 13.2. The lowest BCUT2D eigenvalue weighted by atomic mass is 10.2. The highest BCUT2D eigenvalue weighted by atomic mass is 32.2. The number of halogens is 1. The highest BCUT2D eigenvalue weighted by Gasteiger charge is 2.26. The average molecular weight is 301 g/mol. The summed E-state index contributed by atoms with van der Waals surface area (Å²) in [6.45, 7) is 1.48. The number of nitro groups is 1. The molecule has 0 amide bonds. The van der Waals surface area contributed by atoms with Crippen molar-refractivity contribution in [1.29, 1.82) is 5.26 Å². The van der Waals surface area contributed by atoms with E-state index in [1.165, 1.54) is 7.05 Å². The first-order valence-corrected chi connectivity index (χ1v) is 6.94. The minimum atomic E-state index is -4.01. The number of nitro benzene ring substituents is 1. The Hall–Kier alpha value is -2.05. The quantitative estimate of drug-likeness (QED) is 0.605. The number of benzene rings is 1. The van der Waals surface area contributed by atoms with Crippen molar-refractivity contribution in [3.63, 3.8) is 0 Å². The summed E-state index contributed by atoms with van der Waals surface area (Å²) < 4.78 is 38.4. The van der Waals surface area contributed by atoms with Gasteiger partial charge in [-0.15, -0.1) is 0 Å². The van der Waals surface area contributed by atoms with Crippen LogP contribution in [0.2, 0.25) is 0 Å². The molecule has 0 aliphatic carbocycles. The summed E-state index contributed by atoms with van der Waals surface area (Å²) in [6, 6.07) is 4.23. The highest BCUT2D eigenvalue weighted by Crippen LogP contribution is 2.23. The van der Waals surface area contributed by atoms with E-state index in [4.69, 9.17) is 5.26 Å². The molecule has 20 heavy (non-hydrogen) atoms. The Morgan fingerprint density at radius 1 is 1.55 bits per heavy atom. The lowest BCUT2D eigenvalue weighted by Crippen LogP contribution is -2.30. The van der Waals surface area contributed by atoms with Crippen LogP contribution < -0.4 is 0 Å². The van der Waals surface area contributed by atoms with Gasteiger partial charge < -0.3 is 0 Å². The maximum atomic E-state index is 13.2. The first-order chi connectivity index (χ1) is 9.20. The number of nitrogens with zero attached hydrogens (tertiary/aromatic N) is 3. The molecule has 0 spiro atoms. The molecule has 0 heterocycles. The van der Waals surface area contributed by atoms with Gasteiger partial charge in [0.2, 0.25) is 15.8 Å². The Balaban J connectivity index is 3.20. The molecule has 0 radical (unpaired) electrons. The van der Waals surface area contributed by atoms with Gasteiger partial charge in [0.1, 0.15) is 0 Å². The molecule has 1 atom stereocenters. The standard InChI is InChI=1S/C11H12FN3O4S/c1-8(6-13)7-14(2)20(18,19)9-3-4-10(12)11(5-9)15(16)17/h3-5,8H,7H2,1-2H3. The van der Waals surface area contributed by atoms with Crippen molar-refractivity contribution in [3.05, 3.63) is 34.1 Å². The molecule has 1 aromatic rings. The molecule has 0 aromatic heterocycles. The smallest absolute Gasteiger partial charge is 0.258 e. The van der Waals surface area contributed by atoms with Crippen LogP contribution in [0, 0.1) is 33.2 Å². The van der Waals surface area contributed by atoms with Gasteiger partial charge in [-0.25, -0.2) is 8.42 Å². The van der Waals surface area contributed by atoms with Gasteiger partial charge in [-0.05, 0) is 19.1 Å². The lowest BCUT2D eigenvalue weighted by Gasteiger charge is -2.18. The third kappa shape index (κ3) is 3.28. The highest BCUT2D eigenvalue weighted by molar-refractivity contribution is 7.89. The number of hydrogen-bond acceptors (Lipinski definition) is 5. The molecule has 0 N–H and O–H groups in total. The molecule has 1 rings (SSSR count). The van der Waals surface area contributed by atoms with Gasteiger partial charge in [-0.1, -0.05) is 0 Å². The number of hydrogen-bond donors (Lipinski definition) is 0.